The molecule has 5 nitrogen and oxygen atoms in total. The van der Waals surface area contributed by atoms with Crippen LogP contribution in [0.1, 0.15) is 18.0 Å². The van der Waals surface area contributed by atoms with Crippen LogP contribution in [-0.4, -0.2) is 37.4 Å². The highest BCUT2D eigenvalue weighted by atomic mass is 16.5. The van der Waals surface area contributed by atoms with Crippen LogP contribution in [0.5, 0.6) is 5.75 Å². The van der Waals surface area contributed by atoms with Gasteiger partial charge in [-0.3, -0.25) is 14.5 Å². The first-order chi connectivity index (χ1) is 9.65. The van der Waals surface area contributed by atoms with Crippen molar-refractivity contribution in [1.29, 1.82) is 0 Å². The number of methoxy groups -OCH3 is 1. The van der Waals surface area contributed by atoms with Gasteiger partial charge in [-0.15, -0.1) is 0 Å². The molecule has 2 aliphatic rings. The number of nitrogens with zero attached hydrogens (tertiary/aromatic N) is 1. The Morgan fingerprint density at radius 3 is 2.65 bits per heavy atom. The summed E-state index contributed by atoms with van der Waals surface area (Å²) in [6, 6.07) is 7.60. The molecule has 2 amide bonds. The van der Waals surface area contributed by atoms with Crippen LogP contribution in [0.4, 0.5) is 0 Å². The minimum Gasteiger partial charge on any atom is -0.497 e. The highest BCUT2D eigenvalue weighted by Crippen LogP contribution is 2.47. The molecule has 106 valence electrons. The van der Waals surface area contributed by atoms with Crippen LogP contribution in [0, 0.1) is 11.8 Å². The van der Waals surface area contributed by atoms with Crippen LogP contribution in [0.25, 0.3) is 0 Å². The molecule has 1 N–H and O–H groups in total. The van der Waals surface area contributed by atoms with Gasteiger partial charge in [-0.05, 0) is 31.2 Å². The minimum atomic E-state index is -0.0736. The van der Waals surface area contributed by atoms with Crippen molar-refractivity contribution in [3.8, 4) is 5.75 Å². The molecule has 1 aromatic rings. The fourth-order valence-electron chi connectivity index (χ4n) is 2.83. The Bertz CT molecular complexity index is 538. The third kappa shape index (κ3) is 2.08. The summed E-state index contributed by atoms with van der Waals surface area (Å²) >= 11 is 0. The van der Waals surface area contributed by atoms with Gasteiger partial charge in [0.15, 0.2) is 0 Å². The topological polar surface area (TPSA) is 58.6 Å². The van der Waals surface area contributed by atoms with Gasteiger partial charge in [0, 0.05) is 6.54 Å². The largest absolute Gasteiger partial charge is 0.497 e. The van der Waals surface area contributed by atoms with E-state index in [1.165, 1.54) is 4.90 Å². The second-order valence-corrected chi connectivity index (χ2v) is 5.35. The number of benzene rings is 1. The normalized spacial score (nSPS) is 25.6. The first-order valence-corrected chi connectivity index (χ1v) is 6.82. The van der Waals surface area contributed by atoms with E-state index < -0.39 is 0 Å². The second-order valence-electron chi connectivity index (χ2n) is 5.35. The predicted octanol–water partition coefficient (Wildman–Crippen LogP) is 0.961. The number of nitrogens with one attached hydrogen (secondary N) is 1. The van der Waals surface area contributed by atoms with Gasteiger partial charge in [0.1, 0.15) is 5.75 Å². The molecular formula is C15H18N2O3. The number of rotatable bonds is 5. The highest BCUT2D eigenvalue weighted by molar-refractivity contribution is 6.08. The number of likely N-dealkylation sites (tertiary alicyclic amines) is 1. The summed E-state index contributed by atoms with van der Waals surface area (Å²) in [5, 5.41) is 3.17. The van der Waals surface area contributed by atoms with Crippen molar-refractivity contribution in [2.24, 2.45) is 11.8 Å². The lowest BCUT2D eigenvalue weighted by molar-refractivity contribution is -0.141. The maximum absolute atomic E-state index is 12.0. The Kier molecular flexibility index (Phi) is 3.22. The smallest absolute Gasteiger partial charge is 0.233 e. The molecule has 0 aromatic heterocycles. The average molecular weight is 274 g/mol. The molecular weight excluding hydrogens is 256 g/mol. The van der Waals surface area contributed by atoms with Gasteiger partial charge in [0.25, 0.3) is 0 Å². The summed E-state index contributed by atoms with van der Waals surface area (Å²) < 4.78 is 5.21. The lowest BCUT2D eigenvalue weighted by atomic mass is 10.1. The number of carbonyl (C=O) groups excluding carboxylic acids is 2. The van der Waals surface area contributed by atoms with Gasteiger partial charge in [-0.2, -0.15) is 0 Å². The van der Waals surface area contributed by atoms with Crippen molar-refractivity contribution in [3.05, 3.63) is 29.8 Å². The van der Waals surface area contributed by atoms with Crippen LogP contribution in [-0.2, 0) is 9.59 Å². The van der Waals surface area contributed by atoms with Crippen molar-refractivity contribution >= 4 is 11.8 Å². The molecule has 5 heteroatoms. The van der Waals surface area contributed by atoms with E-state index in [0.29, 0.717) is 6.54 Å². The van der Waals surface area contributed by atoms with E-state index in [1.54, 1.807) is 7.11 Å². The third-order valence-electron chi connectivity index (χ3n) is 4.17. The Labute approximate surface area is 117 Å². The summed E-state index contributed by atoms with van der Waals surface area (Å²) in [6.07, 6.45) is 0.748. The monoisotopic (exact) mass is 274 g/mol. The van der Waals surface area contributed by atoms with Crippen LogP contribution < -0.4 is 10.1 Å². The summed E-state index contributed by atoms with van der Waals surface area (Å²) in [5.74, 6) is 0.673. The van der Waals surface area contributed by atoms with E-state index in [4.69, 9.17) is 4.74 Å². The van der Waals surface area contributed by atoms with Crippen molar-refractivity contribution in [3.63, 3.8) is 0 Å². The first kappa shape index (κ1) is 13.1. The van der Waals surface area contributed by atoms with E-state index in [2.05, 4.69) is 5.32 Å². The summed E-state index contributed by atoms with van der Waals surface area (Å²) in [5.41, 5.74) is 1.01. The lowest BCUT2D eigenvalue weighted by Gasteiger charge is -2.24. The van der Waals surface area contributed by atoms with E-state index >= 15 is 0 Å². The molecule has 1 aliphatic heterocycles. The van der Waals surface area contributed by atoms with Crippen LogP contribution in [0.2, 0.25) is 0 Å². The molecule has 1 aliphatic carbocycles. The number of hydrogen-bond donors (Lipinski definition) is 1. The Hall–Kier alpha value is -1.88. The third-order valence-corrected chi connectivity index (χ3v) is 4.17. The summed E-state index contributed by atoms with van der Waals surface area (Å²) in [6.45, 7) is 0.383. The number of fused-ring (bicyclic) bond motifs is 1. The fourth-order valence-corrected chi connectivity index (χ4v) is 2.83. The number of imide groups is 1. The zero-order valence-corrected chi connectivity index (χ0v) is 11.6. The van der Waals surface area contributed by atoms with Crippen LogP contribution in [0.3, 0.4) is 0 Å². The predicted molar refractivity (Wildman–Crippen MR) is 73.1 cm³/mol. The van der Waals surface area contributed by atoms with Gasteiger partial charge in [0.05, 0.1) is 25.0 Å². The number of carbonyl (C=O) groups is 2. The average Bonchev–Trinajstić information content (AvgIpc) is 3.23. The molecule has 0 bridgehead atoms. The van der Waals surface area contributed by atoms with Gasteiger partial charge in [-0.1, -0.05) is 12.1 Å². The number of ether oxygens (including phenoxy) is 1. The quantitative estimate of drug-likeness (QED) is 0.813. The highest BCUT2D eigenvalue weighted by Gasteiger charge is 2.58. The zero-order chi connectivity index (χ0) is 14.3. The molecule has 0 radical (unpaired) electrons. The Morgan fingerprint density at radius 1 is 1.35 bits per heavy atom. The Morgan fingerprint density at radius 2 is 2.05 bits per heavy atom. The molecule has 1 saturated heterocycles. The number of amides is 2. The molecule has 0 spiro atoms. The first-order valence-electron chi connectivity index (χ1n) is 6.82. The zero-order valence-electron chi connectivity index (χ0n) is 11.6. The van der Waals surface area contributed by atoms with E-state index in [-0.39, 0.29) is 29.7 Å². The van der Waals surface area contributed by atoms with E-state index in [9.17, 15) is 9.59 Å². The second kappa shape index (κ2) is 4.90. The lowest BCUT2D eigenvalue weighted by Crippen LogP contribution is -2.39. The summed E-state index contributed by atoms with van der Waals surface area (Å²) in [4.78, 5) is 25.4. The fraction of sp³-hybridized carbons (Fsp3) is 0.467. The molecule has 3 atom stereocenters. The molecule has 2 fully saturated rings. The van der Waals surface area contributed by atoms with Gasteiger partial charge < -0.3 is 10.1 Å². The Balaban J connectivity index is 1.77. The van der Waals surface area contributed by atoms with Gasteiger partial charge >= 0.3 is 0 Å². The number of piperidine rings is 1. The number of likely N-dealkylation sites (N-methyl/N-ethyl adjacent to an activating group) is 1. The van der Waals surface area contributed by atoms with Crippen molar-refractivity contribution in [1.82, 2.24) is 10.2 Å². The molecule has 3 rings (SSSR count). The van der Waals surface area contributed by atoms with Crippen LogP contribution in [0.15, 0.2) is 24.3 Å². The minimum absolute atomic E-state index is 0.0110. The van der Waals surface area contributed by atoms with E-state index in [0.717, 1.165) is 17.7 Å². The van der Waals surface area contributed by atoms with Crippen LogP contribution >= 0.6 is 0 Å². The van der Waals surface area contributed by atoms with Crippen molar-refractivity contribution in [2.75, 3.05) is 20.7 Å². The van der Waals surface area contributed by atoms with Crippen molar-refractivity contribution in [2.45, 2.75) is 12.5 Å². The van der Waals surface area contributed by atoms with E-state index in [1.807, 2.05) is 31.3 Å². The maximum atomic E-state index is 12.0. The van der Waals surface area contributed by atoms with Gasteiger partial charge in [-0.25, -0.2) is 0 Å². The summed E-state index contributed by atoms with van der Waals surface area (Å²) in [7, 11) is 3.45. The maximum Gasteiger partial charge on any atom is 0.233 e. The molecule has 1 heterocycles. The van der Waals surface area contributed by atoms with Crippen molar-refractivity contribution < 1.29 is 14.3 Å². The molecule has 1 aromatic carbocycles. The molecule has 20 heavy (non-hydrogen) atoms. The SMILES string of the molecule is CNC(CN1C(=O)C2CC2C1=O)c1cccc(OC)c1. The van der Waals surface area contributed by atoms with Gasteiger partial charge in [0.2, 0.25) is 11.8 Å². The molecule has 3 unspecified atom stereocenters. The molecule has 1 saturated carbocycles. The standard InChI is InChI=1S/C15H18N2O3/c1-16-13(9-4-3-5-10(6-9)20-2)8-17-14(18)11-7-12(11)15(17)19/h3-6,11-13,16H,7-8H2,1-2H3. The number of hydrogen-bond acceptors (Lipinski definition) is 4.